The quantitative estimate of drug-likeness (QED) is 0.643. The van der Waals surface area contributed by atoms with Crippen molar-refractivity contribution in [3.8, 4) is 5.69 Å². The number of carbonyl (C=O) groups is 1. The summed E-state index contributed by atoms with van der Waals surface area (Å²) in [6, 6.07) is 6.65. The molecule has 164 valence electrons. The highest BCUT2D eigenvalue weighted by Crippen LogP contribution is 2.34. The third kappa shape index (κ3) is 4.18. The monoisotopic (exact) mass is 441 g/mol. The molecule has 2 aliphatic rings. The van der Waals surface area contributed by atoms with Crippen LogP contribution in [0.4, 0.5) is 9.52 Å². The van der Waals surface area contributed by atoms with Crippen LogP contribution in [-0.4, -0.2) is 39.8 Å². The lowest BCUT2D eigenvalue weighted by molar-refractivity contribution is -0.126. The van der Waals surface area contributed by atoms with Crippen LogP contribution in [0.25, 0.3) is 16.0 Å². The molecule has 6 nitrogen and oxygen atoms in total. The van der Waals surface area contributed by atoms with Crippen LogP contribution in [0.5, 0.6) is 0 Å². The van der Waals surface area contributed by atoms with Crippen molar-refractivity contribution in [2.24, 2.45) is 5.92 Å². The average Bonchev–Trinajstić information content (AvgIpc) is 3.36. The number of hydrogen-bond donors (Lipinski definition) is 1. The van der Waals surface area contributed by atoms with Crippen molar-refractivity contribution in [1.82, 2.24) is 20.1 Å². The number of rotatable bonds is 4. The molecule has 31 heavy (non-hydrogen) atoms. The molecule has 2 fully saturated rings. The third-order valence-corrected chi connectivity index (χ3v) is 7.68. The number of nitrogens with zero attached hydrogens (tertiary/aromatic N) is 4. The molecular formula is C23H28FN5OS. The second-order valence-electron chi connectivity index (χ2n) is 8.75. The van der Waals surface area contributed by atoms with Gasteiger partial charge in [0.25, 0.3) is 0 Å². The van der Waals surface area contributed by atoms with Gasteiger partial charge in [-0.15, -0.1) is 0 Å². The zero-order chi connectivity index (χ0) is 21.4. The predicted molar refractivity (Wildman–Crippen MR) is 121 cm³/mol. The lowest BCUT2D eigenvalue weighted by Crippen LogP contribution is -2.46. The first kappa shape index (κ1) is 20.4. The van der Waals surface area contributed by atoms with Gasteiger partial charge in [-0.25, -0.2) is 9.07 Å². The molecular weight excluding hydrogens is 413 g/mol. The van der Waals surface area contributed by atoms with Gasteiger partial charge in [0.15, 0.2) is 10.8 Å². The first-order valence-corrected chi connectivity index (χ1v) is 12.1. The van der Waals surface area contributed by atoms with Crippen molar-refractivity contribution in [1.29, 1.82) is 0 Å². The number of aryl methyl sites for hydroxylation is 1. The van der Waals surface area contributed by atoms with Gasteiger partial charge in [0, 0.05) is 19.1 Å². The van der Waals surface area contributed by atoms with E-state index in [1.54, 1.807) is 28.2 Å². The number of aromatic nitrogens is 3. The molecule has 1 N–H and O–H groups in total. The number of anilines is 1. The van der Waals surface area contributed by atoms with Crippen LogP contribution in [0.15, 0.2) is 24.3 Å². The third-order valence-electron chi connectivity index (χ3n) is 6.46. The van der Waals surface area contributed by atoms with E-state index < -0.39 is 0 Å². The zero-order valence-electron chi connectivity index (χ0n) is 17.8. The van der Waals surface area contributed by atoms with Crippen molar-refractivity contribution in [2.45, 2.75) is 57.9 Å². The van der Waals surface area contributed by atoms with Crippen molar-refractivity contribution >= 4 is 32.7 Å². The summed E-state index contributed by atoms with van der Waals surface area (Å²) in [5.74, 6) is -0.0579. The number of nitrogens with one attached hydrogen (secondary N) is 1. The molecule has 1 amide bonds. The summed E-state index contributed by atoms with van der Waals surface area (Å²) in [6.07, 6.45) is 7.87. The van der Waals surface area contributed by atoms with Crippen molar-refractivity contribution in [2.75, 3.05) is 18.0 Å². The molecule has 0 spiro atoms. The molecule has 0 radical (unpaired) electrons. The van der Waals surface area contributed by atoms with Gasteiger partial charge < -0.3 is 10.2 Å². The van der Waals surface area contributed by atoms with Crippen molar-refractivity contribution < 1.29 is 9.18 Å². The Kier molecular flexibility index (Phi) is 5.65. The number of piperidine rings is 1. The number of fused-ring (bicyclic) bond motifs is 1. The van der Waals surface area contributed by atoms with E-state index >= 15 is 0 Å². The molecule has 0 bridgehead atoms. The molecule has 1 aliphatic carbocycles. The Bertz CT molecular complexity index is 1070. The Hall–Kier alpha value is -2.48. The minimum absolute atomic E-state index is 0.0115. The van der Waals surface area contributed by atoms with Gasteiger partial charge in [-0.05, 0) is 56.9 Å². The molecule has 1 aliphatic heterocycles. The highest BCUT2D eigenvalue weighted by Gasteiger charge is 2.29. The first-order valence-electron chi connectivity index (χ1n) is 11.3. The normalized spacial score (nSPS) is 20.3. The Morgan fingerprint density at radius 3 is 2.68 bits per heavy atom. The Balaban J connectivity index is 1.34. The van der Waals surface area contributed by atoms with E-state index in [1.165, 1.54) is 31.4 Å². The molecule has 1 saturated heterocycles. The van der Waals surface area contributed by atoms with Crippen molar-refractivity contribution in [3.63, 3.8) is 0 Å². The van der Waals surface area contributed by atoms with Crippen molar-refractivity contribution in [3.05, 3.63) is 35.8 Å². The lowest BCUT2D eigenvalue weighted by Gasteiger charge is -2.33. The van der Waals surface area contributed by atoms with Crippen LogP contribution in [-0.2, 0) is 4.79 Å². The predicted octanol–water partition coefficient (Wildman–Crippen LogP) is 4.59. The highest BCUT2D eigenvalue weighted by molar-refractivity contribution is 7.22. The van der Waals surface area contributed by atoms with Crippen LogP contribution in [0.3, 0.4) is 0 Å². The van der Waals surface area contributed by atoms with Gasteiger partial charge >= 0.3 is 0 Å². The highest BCUT2D eigenvalue weighted by atomic mass is 32.1. The molecule has 0 unspecified atom stereocenters. The molecule has 3 aromatic rings. The van der Waals surface area contributed by atoms with Crippen LogP contribution < -0.4 is 10.2 Å². The van der Waals surface area contributed by atoms with Crippen LogP contribution >= 0.6 is 11.3 Å². The van der Waals surface area contributed by atoms with E-state index in [9.17, 15) is 9.18 Å². The minimum Gasteiger partial charge on any atom is -0.353 e. The maximum atomic E-state index is 13.3. The summed E-state index contributed by atoms with van der Waals surface area (Å²) in [5, 5.41) is 8.83. The smallest absolute Gasteiger partial charge is 0.225 e. The van der Waals surface area contributed by atoms with E-state index in [4.69, 9.17) is 4.98 Å². The molecule has 1 atom stereocenters. The van der Waals surface area contributed by atoms with Crippen LogP contribution in [0.2, 0.25) is 0 Å². The Labute approximate surface area is 185 Å². The minimum atomic E-state index is -0.270. The summed E-state index contributed by atoms with van der Waals surface area (Å²) < 4.78 is 16.2. The number of benzene rings is 1. The fourth-order valence-electron chi connectivity index (χ4n) is 4.75. The maximum Gasteiger partial charge on any atom is 0.225 e. The first-order chi connectivity index (χ1) is 15.1. The molecule has 1 aromatic carbocycles. The van der Waals surface area contributed by atoms with Gasteiger partial charge in [0.2, 0.25) is 5.91 Å². The number of amides is 1. The fraction of sp³-hybridized carbons (Fsp3) is 0.522. The van der Waals surface area contributed by atoms with Gasteiger partial charge in [0.05, 0.1) is 22.0 Å². The van der Waals surface area contributed by atoms with Gasteiger partial charge in [-0.1, -0.05) is 30.6 Å². The van der Waals surface area contributed by atoms with E-state index in [0.29, 0.717) is 12.6 Å². The fourth-order valence-corrected chi connectivity index (χ4v) is 5.77. The summed E-state index contributed by atoms with van der Waals surface area (Å²) >= 11 is 1.62. The van der Waals surface area contributed by atoms with E-state index in [0.717, 1.165) is 59.1 Å². The second kappa shape index (κ2) is 8.57. The topological polar surface area (TPSA) is 63.1 Å². The summed E-state index contributed by atoms with van der Waals surface area (Å²) in [5.41, 5.74) is 2.49. The molecule has 8 heteroatoms. The molecule has 3 heterocycles. The number of hydrogen-bond acceptors (Lipinski definition) is 5. The number of halogens is 1. The van der Waals surface area contributed by atoms with Crippen LogP contribution in [0.1, 0.15) is 50.6 Å². The van der Waals surface area contributed by atoms with Gasteiger partial charge in [0.1, 0.15) is 5.82 Å². The van der Waals surface area contributed by atoms with E-state index in [-0.39, 0.29) is 17.6 Å². The largest absolute Gasteiger partial charge is 0.353 e. The summed E-state index contributed by atoms with van der Waals surface area (Å²) in [7, 11) is 0. The molecule has 2 aromatic heterocycles. The lowest BCUT2D eigenvalue weighted by atomic mass is 9.93. The zero-order valence-corrected chi connectivity index (χ0v) is 18.6. The van der Waals surface area contributed by atoms with Gasteiger partial charge in [-0.2, -0.15) is 10.1 Å². The Morgan fingerprint density at radius 2 is 1.90 bits per heavy atom. The average molecular weight is 442 g/mol. The molecule has 5 rings (SSSR count). The molecule has 1 saturated carbocycles. The summed E-state index contributed by atoms with van der Waals surface area (Å²) in [6.45, 7) is 3.59. The van der Waals surface area contributed by atoms with E-state index in [2.05, 4.69) is 15.3 Å². The second-order valence-corrected chi connectivity index (χ2v) is 9.73. The standard InChI is InChI=1S/C23H28FN5OS/c1-15-20-21(29(27-15)19-11-9-17(24)10-12-19)26-23(31-20)28-13-5-6-16(14-28)22(30)25-18-7-3-2-4-8-18/h9-12,16,18H,2-8,13-14H2,1H3,(H,25,30)/t16-/m1/s1. The Morgan fingerprint density at radius 1 is 1.13 bits per heavy atom. The maximum absolute atomic E-state index is 13.3. The summed E-state index contributed by atoms with van der Waals surface area (Å²) in [4.78, 5) is 20.0. The van der Waals surface area contributed by atoms with Crippen LogP contribution in [0, 0.1) is 18.7 Å². The number of thiazole rings is 1. The number of carbonyl (C=O) groups excluding carboxylic acids is 1. The SMILES string of the molecule is Cc1nn(-c2ccc(F)cc2)c2nc(N3CCC[C@@H](C(=O)NC4CCCCC4)C3)sc12. The van der Waals surface area contributed by atoms with E-state index in [1.807, 2.05) is 6.92 Å². The van der Waals surface area contributed by atoms with Gasteiger partial charge in [-0.3, -0.25) is 4.79 Å².